The molecule has 0 aliphatic carbocycles. The second kappa shape index (κ2) is 5.78. The first kappa shape index (κ1) is 18.3. The van der Waals surface area contributed by atoms with Crippen LogP contribution >= 0.6 is 0 Å². The molecule has 0 fully saturated rings. The third-order valence-corrected chi connectivity index (χ3v) is 3.98. The number of rotatable bonds is 2. The molecule has 0 amide bonds. The Kier molecular flexibility index (Phi) is 4.40. The number of alkyl halides is 6. The minimum Gasteiger partial charge on any atom is -0.282 e. The SMILES string of the molecule is O=S(=O)(O)c1ccc(-c2ccc(C(F)(F)F)cc2C(F)(F)F)cc1. The Hall–Kier alpha value is -2.07. The zero-order valence-corrected chi connectivity index (χ0v) is 12.3. The molecule has 0 aliphatic heterocycles. The lowest BCUT2D eigenvalue weighted by Crippen LogP contribution is -2.12. The zero-order chi connectivity index (χ0) is 18.3. The highest BCUT2D eigenvalue weighted by molar-refractivity contribution is 7.85. The van der Waals surface area contributed by atoms with Gasteiger partial charge >= 0.3 is 12.4 Å². The molecule has 0 atom stereocenters. The normalized spacial score (nSPS) is 13.1. The lowest BCUT2D eigenvalue weighted by Gasteiger charge is -2.16. The van der Waals surface area contributed by atoms with E-state index in [4.69, 9.17) is 4.55 Å². The van der Waals surface area contributed by atoms with Crippen molar-refractivity contribution in [1.82, 2.24) is 0 Å². The van der Waals surface area contributed by atoms with Crippen LogP contribution in [0.15, 0.2) is 47.4 Å². The third-order valence-electron chi connectivity index (χ3n) is 3.12. The van der Waals surface area contributed by atoms with Crippen molar-refractivity contribution in [2.45, 2.75) is 17.2 Å². The summed E-state index contributed by atoms with van der Waals surface area (Å²) in [5.74, 6) is 0. The number of hydrogen-bond acceptors (Lipinski definition) is 2. The van der Waals surface area contributed by atoms with Crippen LogP contribution in [0, 0.1) is 0 Å². The van der Waals surface area contributed by atoms with Crippen molar-refractivity contribution in [2.75, 3.05) is 0 Å². The summed E-state index contributed by atoms with van der Waals surface area (Å²) >= 11 is 0. The van der Waals surface area contributed by atoms with Crippen LogP contribution in [0.5, 0.6) is 0 Å². The van der Waals surface area contributed by atoms with Crippen LogP contribution in [0.1, 0.15) is 11.1 Å². The van der Waals surface area contributed by atoms with E-state index in [1.165, 1.54) is 0 Å². The molecule has 0 heterocycles. The van der Waals surface area contributed by atoms with Gasteiger partial charge in [0.05, 0.1) is 16.0 Å². The highest BCUT2D eigenvalue weighted by Crippen LogP contribution is 2.40. The summed E-state index contributed by atoms with van der Waals surface area (Å²) < 4.78 is 108. The Morgan fingerprint density at radius 3 is 1.75 bits per heavy atom. The van der Waals surface area contributed by atoms with Crippen LogP contribution < -0.4 is 0 Å². The largest absolute Gasteiger partial charge is 0.417 e. The van der Waals surface area contributed by atoms with Gasteiger partial charge in [0.15, 0.2) is 0 Å². The molecule has 0 saturated carbocycles. The van der Waals surface area contributed by atoms with Crippen molar-refractivity contribution in [2.24, 2.45) is 0 Å². The van der Waals surface area contributed by atoms with Crippen molar-refractivity contribution in [3.05, 3.63) is 53.6 Å². The molecule has 0 saturated heterocycles. The molecule has 2 aromatic rings. The van der Waals surface area contributed by atoms with Gasteiger partial charge in [-0.2, -0.15) is 34.8 Å². The van der Waals surface area contributed by atoms with Gasteiger partial charge in [0, 0.05) is 0 Å². The van der Waals surface area contributed by atoms with Gasteiger partial charge in [0.1, 0.15) is 0 Å². The van der Waals surface area contributed by atoms with Crippen molar-refractivity contribution in [3.8, 4) is 11.1 Å². The average molecular weight is 370 g/mol. The third kappa shape index (κ3) is 3.88. The lowest BCUT2D eigenvalue weighted by molar-refractivity contribution is -0.142. The minimum absolute atomic E-state index is 0.00791. The van der Waals surface area contributed by atoms with Crippen molar-refractivity contribution < 1.29 is 39.3 Å². The molecular weight excluding hydrogens is 362 g/mol. The highest BCUT2D eigenvalue weighted by atomic mass is 32.2. The molecule has 0 radical (unpaired) electrons. The number of halogens is 6. The molecule has 0 unspecified atom stereocenters. The fourth-order valence-corrected chi connectivity index (χ4v) is 2.49. The molecule has 0 spiro atoms. The molecule has 24 heavy (non-hydrogen) atoms. The smallest absolute Gasteiger partial charge is 0.282 e. The second-order valence-electron chi connectivity index (χ2n) is 4.76. The van der Waals surface area contributed by atoms with Gasteiger partial charge in [0.25, 0.3) is 10.1 Å². The first-order valence-corrected chi connectivity index (χ1v) is 7.60. The Morgan fingerprint density at radius 2 is 1.33 bits per heavy atom. The van der Waals surface area contributed by atoms with Gasteiger partial charge in [-0.15, -0.1) is 0 Å². The maximum Gasteiger partial charge on any atom is 0.417 e. The summed E-state index contributed by atoms with van der Waals surface area (Å²) in [6, 6.07) is 4.77. The second-order valence-corrected chi connectivity index (χ2v) is 6.18. The van der Waals surface area contributed by atoms with Crippen molar-refractivity contribution in [1.29, 1.82) is 0 Å². The molecule has 1 N–H and O–H groups in total. The first-order valence-electron chi connectivity index (χ1n) is 6.16. The summed E-state index contributed by atoms with van der Waals surface area (Å²) in [5, 5.41) is 0. The van der Waals surface area contributed by atoms with Gasteiger partial charge in [-0.1, -0.05) is 18.2 Å². The van der Waals surface area contributed by atoms with Gasteiger partial charge < -0.3 is 0 Å². The van der Waals surface area contributed by atoms with Crippen LogP contribution in [0.3, 0.4) is 0 Å². The van der Waals surface area contributed by atoms with Gasteiger partial charge in [0.2, 0.25) is 0 Å². The Bertz CT molecular complexity index is 852. The molecule has 130 valence electrons. The monoisotopic (exact) mass is 370 g/mol. The van der Waals surface area contributed by atoms with Crippen LogP contribution in [-0.4, -0.2) is 13.0 Å². The van der Waals surface area contributed by atoms with Gasteiger partial charge in [-0.25, -0.2) is 0 Å². The van der Waals surface area contributed by atoms with E-state index in [1.54, 1.807) is 0 Å². The fraction of sp³-hybridized carbons (Fsp3) is 0.143. The quantitative estimate of drug-likeness (QED) is 0.619. The standard InChI is InChI=1S/C14H8F6O3S/c15-13(16,17)9-3-6-11(12(7-9)14(18,19)20)8-1-4-10(5-2-8)24(21,22)23/h1-7H,(H,21,22,23). The van der Waals surface area contributed by atoms with Crippen LogP contribution in [-0.2, 0) is 22.5 Å². The maximum atomic E-state index is 13.1. The molecule has 0 aromatic heterocycles. The van der Waals surface area contributed by atoms with E-state index in [2.05, 4.69) is 0 Å². The number of hydrogen-bond donors (Lipinski definition) is 1. The predicted octanol–water partition coefficient (Wildman–Crippen LogP) is 4.64. The van der Waals surface area contributed by atoms with Crippen molar-refractivity contribution >= 4 is 10.1 Å². The molecule has 2 rings (SSSR count). The van der Waals surface area contributed by atoms with E-state index in [0.717, 1.165) is 24.3 Å². The van der Waals surface area contributed by atoms with E-state index in [1.807, 2.05) is 0 Å². The molecule has 0 aliphatic rings. The van der Waals surface area contributed by atoms with Crippen LogP contribution in [0.2, 0.25) is 0 Å². The molecule has 2 aromatic carbocycles. The summed E-state index contributed by atoms with van der Waals surface area (Å²) in [6.45, 7) is 0. The van der Waals surface area contributed by atoms with E-state index >= 15 is 0 Å². The van der Waals surface area contributed by atoms with Gasteiger partial charge in [-0.05, 0) is 35.4 Å². The summed E-state index contributed by atoms with van der Waals surface area (Å²) in [4.78, 5) is -0.549. The van der Waals surface area contributed by atoms with E-state index in [0.29, 0.717) is 12.1 Å². The zero-order valence-electron chi connectivity index (χ0n) is 11.5. The Labute approximate surface area is 132 Å². The molecule has 3 nitrogen and oxygen atoms in total. The molecular formula is C14H8F6O3S. The minimum atomic E-state index is -5.04. The summed E-state index contributed by atoms with van der Waals surface area (Å²) in [7, 11) is -4.54. The Balaban J connectivity index is 2.62. The van der Waals surface area contributed by atoms with E-state index < -0.39 is 44.1 Å². The van der Waals surface area contributed by atoms with Crippen LogP contribution in [0.25, 0.3) is 11.1 Å². The predicted molar refractivity (Wildman–Crippen MR) is 71.7 cm³/mol. The van der Waals surface area contributed by atoms with Gasteiger partial charge in [-0.3, -0.25) is 4.55 Å². The fourth-order valence-electron chi connectivity index (χ4n) is 2.01. The van der Waals surface area contributed by atoms with E-state index in [-0.39, 0.29) is 11.6 Å². The van der Waals surface area contributed by atoms with E-state index in [9.17, 15) is 34.8 Å². The maximum absolute atomic E-state index is 13.1. The topological polar surface area (TPSA) is 54.4 Å². The molecule has 10 heteroatoms. The van der Waals surface area contributed by atoms with Crippen molar-refractivity contribution in [3.63, 3.8) is 0 Å². The summed E-state index contributed by atoms with van der Waals surface area (Å²) in [5.41, 5.74) is -3.65. The average Bonchev–Trinajstić information content (AvgIpc) is 2.44. The summed E-state index contributed by atoms with van der Waals surface area (Å²) in [6.07, 6.45) is -9.98. The first-order chi connectivity index (χ1) is 10.8. The lowest BCUT2D eigenvalue weighted by atomic mass is 9.97. The molecule has 0 bridgehead atoms. The van der Waals surface area contributed by atoms with Crippen LogP contribution in [0.4, 0.5) is 26.3 Å². The number of benzene rings is 2. The highest BCUT2D eigenvalue weighted by Gasteiger charge is 2.38. The Morgan fingerprint density at radius 1 is 0.792 bits per heavy atom.